The van der Waals surface area contributed by atoms with Crippen molar-refractivity contribution >= 4 is 34.5 Å². The van der Waals surface area contributed by atoms with E-state index in [1.165, 1.54) is 17.4 Å². The molecule has 0 radical (unpaired) electrons. The Balaban J connectivity index is 1.67. The van der Waals surface area contributed by atoms with Crippen molar-refractivity contribution in [2.45, 2.75) is 20.1 Å². The highest BCUT2D eigenvalue weighted by Crippen LogP contribution is 2.28. The van der Waals surface area contributed by atoms with E-state index in [0.717, 1.165) is 11.1 Å². The van der Waals surface area contributed by atoms with Crippen LogP contribution >= 0.6 is 22.9 Å². The number of carbonyl (C=O) groups is 1. The van der Waals surface area contributed by atoms with Gasteiger partial charge in [-0.1, -0.05) is 23.7 Å². The van der Waals surface area contributed by atoms with Crippen LogP contribution in [0.3, 0.4) is 0 Å². The number of halogens is 3. The molecule has 1 N–H and O–H groups in total. The van der Waals surface area contributed by atoms with Gasteiger partial charge in [0.25, 0.3) is 5.91 Å². The summed E-state index contributed by atoms with van der Waals surface area (Å²) in [6.07, 6.45) is 0. The van der Waals surface area contributed by atoms with E-state index in [1.54, 1.807) is 54.8 Å². The molecule has 0 aliphatic heterocycles. The average Bonchev–Trinajstić information content (AvgIpc) is 3.11. The molecule has 0 aliphatic rings. The molecule has 1 amide bonds. The van der Waals surface area contributed by atoms with Crippen LogP contribution < -0.4 is 14.8 Å². The van der Waals surface area contributed by atoms with E-state index in [2.05, 4.69) is 10.1 Å². The van der Waals surface area contributed by atoms with Crippen LogP contribution in [-0.4, -0.2) is 12.5 Å². The Bertz CT molecular complexity index is 978. The van der Waals surface area contributed by atoms with Crippen LogP contribution in [0, 0.1) is 6.92 Å². The maximum absolute atomic E-state index is 12.6. The smallest absolute Gasteiger partial charge is 0.387 e. The molecule has 0 atom stereocenters. The number of hydrogen-bond acceptors (Lipinski definition) is 4. The zero-order valence-corrected chi connectivity index (χ0v) is 16.3. The van der Waals surface area contributed by atoms with Gasteiger partial charge in [0, 0.05) is 10.6 Å². The summed E-state index contributed by atoms with van der Waals surface area (Å²) in [7, 11) is 0. The van der Waals surface area contributed by atoms with E-state index in [-0.39, 0.29) is 18.0 Å². The highest BCUT2D eigenvalue weighted by molar-refractivity contribution is 7.12. The maximum atomic E-state index is 12.6. The van der Waals surface area contributed by atoms with Gasteiger partial charge in [-0.25, -0.2) is 0 Å². The predicted octanol–water partition coefficient (Wildman–Crippen LogP) is 6.14. The van der Waals surface area contributed by atoms with Crippen LogP contribution in [0.25, 0.3) is 0 Å². The lowest BCUT2D eigenvalue weighted by Gasteiger charge is -2.12. The van der Waals surface area contributed by atoms with Crippen molar-refractivity contribution in [2.24, 2.45) is 0 Å². The van der Waals surface area contributed by atoms with Gasteiger partial charge in [0.15, 0.2) is 0 Å². The second-order valence-corrected chi connectivity index (χ2v) is 7.25. The second kappa shape index (κ2) is 9.03. The fraction of sp³-hybridized carbons (Fsp3) is 0.150. The number of anilines is 1. The summed E-state index contributed by atoms with van der Waals surface area (Å²) >= 11 is 7.15. The highest BCUT2D eigenvalue weighted by atomic mass is 35.5. The molecule has 0 aliphatic carbocycles. The molecule has 0 saturated carbocycles. The lowest BCUT2D eigenvalue weighted by atomic mass is 10.2. The van der Waals surface area contributed by atoms with Crippen LogP contribution in [0.5, 0.6) is 11.5 Å². The summed E-state index contributed by atoms with van der Waals surface area (Å²) in [5.74, 6) is 0.122. The van der Waals surface area contributed by atoms with Gasteiger partial charge in [-0.15, -0.1) is 11.3 Å². The van der Waals surface area contributed by atoms with Crippen LogP contribution in [0.1, 0.15) is 20.8 Å². The number of carbonyl (C=O) groups excluding carboxylic acids is 1. The Morgan fingerprint density at radius 2 is 2.04 bits per heavy atom. The molecule has 0 saturated heterocycles. The van der Waals surface area contributed by atoms with E-state index < -0.39 is 12.5 Å². The van der Waals surface area contributed by atoms with Gasteiger partial charge in [0.2, 0.25) is 0 Å². The molecule has 2 aromatic carbocycles. The van der Waals surface area contributed by atoms with E-state index in [0.29, 0.717) is 15.6 Å². The van der Waals surface area contributed by atoms with E-state index in [9.17, 15) is 13.6 Å². The minimum absolute atomic E-state index is 0.0879. The quantitative estimate of drug-likeness (QED) is 0.496. The molecular formula is C20H16ClF2NO3S. The molecule has 1 aromatic heterocycles. The number of amides is 1. The van der Waals surface area contributed by atoms with Gasteiger partial charge in [-0.2, -0.15) is 8.78 Å². The Hall–Kier alpha value is -2.64. The van der Waals surface area contributed by atoms with Crippen molar-refractivity contribution in [1.82, 2.24) is 0 Å². The summed E-state index contributed by atoms with van der Waals surface area (Å²) < 4.78 is 35.2. The summed E-state index contributed by atoms with van der Waals surface area (Å²) in [4.78, 5) is 12.9. The number of thiophene rings is 1. The summed E-state index contributed by atoms with van der Waals surface area (Å²) in [6.45, 7) is -0.914. The Labute approximate surface area is 169 Å². The second-order valence-electron chi connectivity index (χ2n) is 5.90. The number of aryl methyl sites for hydroxylation is 1. The fourth-order valence-corrected chi connectivity index (χ4v) is 3.39. The molecule has 0 fully saturated rings. The number of alkyl halides is 2. The van der Waals surface area contributed by atoms with Crippen molar-refractivity contribution in [3.63, 3.8) is 0 Å². The standard InChI is InChI=1S/C20H16ClF2NO3S/c1-12-5-6-17(27-20(22)23)16(7-12)24-19(25)18-8-13(11-28-18)10-26-15-4-2-3-14(21)9-15/h2-9,11,20H,10H2,1H3,(H,24,25). The van der Waals surface area contributed by atoms with E-state index in [1.807, 2.05) is 0 Å². The van der Waals surface area contributed by atoms with E-state index in [4.69, 9.17) is 16.3 Å². The number of rotatable bonds is 7. The molecule has 1 heterocycles. The fourth-order valence-electron chi connectivity index (χ4n) is 2.42. The first kappa shape index (κ1) is 20.1. The van der Waals surface area contributed by atoms with Crippen molar-refractivity contribution in [2.75, 3.05) is 5.32 Å². The first-order valence-electron chi connectivity index (χ1n) is 8.23. The SMILES string of the molecule is Cc1ccc(OC(F)F)c(NC(=O)c2cc(COc3cccc(Cl)c3)cs2)c1. The van der Waals surface area contributed by atoms with Crippen LogP contribution in [0.2, 0.25) is 5.02 Å². The Morgan fingerprint density at radius 3 is 2.79 bits per heavy atom. The number of nitrogens with one attached hydrogen (secondary N) is 1. The molecule has 8 heteroatoms. The first-order valence-corrected chi connectivity index (χ1v) is 9.49. The Kier molecular flexibility index (Phi) is 6.49. The van der Waals surface area contributed by atoms with E-state index >= 15 is 0 Å². The third-order valence-electron chi connectivity index (χ3n) is 3.68. The molecule has 28 heavy (non-hydrogen) atoms. The molecule has 3 aromatic rings. The minimum Gasteiger partial charge on any atom is -0.489 e. The highest BCUT2D eigenvalue weighted by Gasteiger charge is 2.15. The van der Waals surface area contributed by atoms with Gasteiger partial charge < -0.3 is 14.8 Å². The monoisotopic (exact) mass is 423 g/mol. The lowest BCUT2D eigenvalue weighted by molar-refractivity contribution is -0.0493. The topological polar surface area (TPSA) is 47.6 Å². The molecule has 146 valence electrons. The summed E-state index contributed by atoms with van der Waals surface area (Å²) in [6, 6.07) is 13.3. The molecule has 3 rings (SSSR count). The van der Waals surface area contributed by atoms with Crippen molar-refractivity contribution in [3.05, 3.63) is 74.9 Å². The molecular weight excluding hydrogens is 408 g/mol. The minimum atomic E-state index is -2.98. The molecule has 0 unspecified atom stereocenters. The third kappa shape index (κ3) is 5.43. The zero-order valence-electron chi connectivity index (χ0n) is 14.7. The normalized spacial score (nSPS) is 10.8. The molecule has 0 spiro atoms. The zero-order chi connectivity index (χ0) is 20.1. The average molecular weight is 424 g/mol. The Morgan fingerprint density at radius 1 is 1.21 bits per heavy atom. The van der Waals surface area contributed by atoms with Gasteiger partial charge in [0.05, 0.1) is 10.6 Å². The van der Waals surface area contributed by atoms with Gasteiger partial charge in [0.1, 0.15) is 18.1 Å². The van der Waals surface area contributed by atoms with Crippen LogP contribution in [0.4, 0.5) is 14.5 Å². The van der Waals surface area contributed by atoms with Crippen molar-refractivity contribution in [3.8, 4) is 11.5 Å². The number of ether oxygens (including phenoxy) is 2. The predicted molar refractivity (Wildman–Crippen MR) is 106 cm³/mol. The van der Waals surface area contributed by atoms with Crippen LogP contribution in [-0.2, 0) is 6.61 Å². The maximum Gasteiger partial charge on any atom is 0.387 e. The molecule has 4 nitrogen and oxygen atoms in total. The number of hydrogen-bond donors (Lipinski definition) is 1. The van der Waals surface area contributed by atoms with Crippen molar-refractivity contribution in [1.29, 1.82) is 0 Å². The van der Waals surface area contributed by atoms with Crippen LogP contribution in [0.15, 0.2) is 53.9 Å². The van der Waals surface area contributed by atoms with Gasteiger partial charge in [-0.05, 0) is 54.3 Å². The molecule has 0 bridgehead atoms. The summed E-state index contributed by atoms with van der Waals surface area (Å²) in [5, 5.41) is 4.99. The van der Waals surface area contributed by atoms with Crippen molar-refractivity contribution < 1.29 is 23.0 Å². The van der Waals surface area contributed by atoms with Gasteiger partial charge in [-0.3, -0.25) is 4.79 Å². The van der Waals surface area contributed by atoms with Gasteiger partial charge >= 0.3 is 6.61 Å². The lowest BCUT2D eigenvalue weighted by Crippen LogP contribution is -2.13. The largest absolute Gasteiger partial charge is 0.489 e. The first-order chi connectivity index (χ1) is 13.4. The third-order valence-corrected chi connectivity index (χ3v) is 4.89. The number of benzene rings is 2. The summed E-state index contributed by atoms with van der Waals surface area (Å²) in [5.41, 5.74) is 1.80.